The SMILES string of the molecule is O=C(CN1CCN(c2ncc([N+](=O)[O-])cc2Cl)CC1)Nc1ccc(Cl)cc1. The molecule has 0 radical (unpaired) electrons. The van der Waals surface area contributed by atoms with Gasteiger partial charge in [0, 0.05) is 43.0 Å². The summed E-state index contributed by atoms with van der Waals surface area (Å²) in [5, 5.41) is 14.5. The summed E-state index contributed by atoms with van der Waals surface area (Å²) in [5.41, 5.74) is 0.561. The summed E-state index contributed by atoms with van der Waals surface area (Å²) in [5.74, 6) is 0.421. The molecule has 0 unspecified atom stereocenters. The van der Waals surface area contributed by atoms with Crippen molar-refractivity contribution in [2.24, 2.45) is 0 Å². The second-order valence-electron chi connectivity index (χ2n) is 6.07. The average molecular weight is 410 g/mol. The lowest BCUT2D eigenvalue weighted by Crippen LogP contribution is -2.49. The highest BCUT2D eigenvalue weighted by atomic mass is 35.5. The van der Waals surface area contributed by atoms with Crippen LogP contribution in [0, 0.1) is 10.1 Å². The maximum absolute atomic E-state index is 12.2. The van der Waals surface area contributed by atoms with E-state index in [1.165, 1.54) is 12.3 Å². The van der Waals surface area contributed by atoms with Crippen molar-refractivity contribution in [2.75, 3.05) is 42.9 Å². The molecule has 10 heteroatoms. The van der Waals surface area contributed by atoms with Gasteiger partial charge in [0.1, 0.15) is 12.0 Å². The minimum absolute atomic E-state index is 0.0998. The second kappa shape index (κ2) is 8.51. The molecule has 0 aliphatic carbocycles. The van der Waals surface area contributed by atoms with Crippen LogP contribution in [0.4, 0.5) is 17.2 Å². The van der Waals surface area contributed by atoms with Crippen molar-refractivity contribution < 1.29 is 9.72 Å². The number of pyridine rings is 1. The lowest BCUT2D eigenvalue weighted by Gasteiger charge is -2.35. The summed E-state index contributed by atoms with van der Waals surface area (Å²) in [7, 11) is 0. The first-order valence-electron chi connectivity index (χ1n) is 8.25. The number of carbonyl (C=O) groups excluding carboxylic acids is 1. The van der Waals surface area contributed by atoms with Gasteiger partial charge in [0.15, 0.2) is 0 Å². The quantitative estimate of drug-likeness (QED) is 0.602. The molecule has 1 amide bonds. The Morgan fingerprint density at radius 3 is 2.44 bits per heavy atom. The Balaban J connectivity index is 1.52. The van der Waals surface area contributed by atoms with Gasteiger partial charge >= 0.3 is 0 Å². The van der Waals surface area contributed by atoms with Crippen LogP contribution in [0.5, 0.6) is 0 Å². The number of nitrogens with one attached hydrogen (secondary N) is 1. The molecule has 142 valence electrons. The molecule has 1 aromatic carbocycles. The molecule has 3 rings (SSSR count). The molecule has 1 saturated heterocycles. The number of benzene rings is 1. The third-order valence-corrected chi connectivity index (χ3v) is 4.72. The fraction of sp³-hybridized carbons (Fsp3) is 0.294. The standard InChI is InChI=1S/C17H17Cl2N5O3/c18-12-1-3-13(4-2-12)21-16(25)11-22-5-7-23(8-6-22)17-15(19)9-14(10-20-17)24(26)27/h1-4,9-10H,5-8,11H2,(H,21,25). The Hall–Kier alpha value is -2.42. The van der Waals surface area contributed by atoms with Crippen LogP contribution < -0.4 is 10.2 Å². The second-order valence-corrected chi connectivity index (χ2v) is 6.92. The van der Waals surface area contributed by atoms with Crippen LogP contribution >= 0.6 is 23.2 Å². The average Bonchev–Trinajstić information content (AvgIpc) is 2.64. The molecule has 0 saturated carbocycles. The van der Waals surface area contributed by atoms with Crippen molar-refractivity contribution in [1.82, 2.24) is 9.88 Å². The molecule has 27 heavy (non-hydrogen) atoms. The number of rotatable bonds is 5. The van der Waals surface area contributed by atoms with Crippen molar-refractivity contribution in [2.45, 2.75) is 0 Å². The Morgan fingerprint density at radius 2 is 1.85 bits per heavy atom. The third-order valence-electron chi connectivity index (χ3n) is 4.19. The summed E-state index contributed by atoms with van der Waals surface area (Å²) >= 11 is 12.0. The number of anilines is 2. The summed E-state index contributed by atoms with van der Waals surface area (Å²) in [4.78, 5) is 30.5. The van der Waals surface area contributed by atoms with Crippen molar-refractivity contribution >= 4 is 46.3 Å². The number of hydrogen-bond acceptors (Lipinski definition) is 6. The zero-order chi connectivity index (χ0) is 19.4. The van der Waals surface area contributed by atoms with Crippen molar-refractivity contribution in [3.8, 4) is 0 Å². The van der Waals surface area contributed by atoms with Gasteiger partial charge in [-0.15, -0.1) is 0 Å². The lowest BCUT2D eigenvalue weighted by molar-refractivity contribution is -0.385. The van der Waals surface area contributed by atoms with E-state index in [2.05, 4.69) is 10.3 Å². The number of hydrogen-bond donors (Lipinski definition) is 1. The van der Waals surface area contributed by atoms with Crippen LogP contribution in [0.1, 0.15) is 0 Å². The molecule has 0 spiro atoms. The van der Waals surface area contributed by atoms with E-state index in [0.717, 1.165) is 0 Å². The molecule has 0 atom stereocenters. The topological polar surface area (TPSA) is 91.6 Å². The normalized spacial score (nSPS) is 14.8. The lowest BCUT2D eigenvalue weighted by atomic mass is 10.3. The Morgan fingerprint density at radius 1 is 1.19 bits per heavy atom. The van der Waals surface area contributed by atoms with E-state index in [-0.39, 0.29) is 23.2 Å². The molecule has 2 heterocycles. The smallest absolute Gasteiger partial charge is 0.289 e. The maximum Gasteiger partial charge on any atom is 0.289 e. The van der Waals surface area contributed by atoms with E-state index in [9.17, 15) is 14.9 Å². The predicted molar refractivity (Wildman–Crippen MR) is 105 cm³/mol. The minimum Gasteiger partial charge on any atom is -0.353 e. The highest BCUT2D eigenvalue weighted by Crippen LogP contribution is 2.27. The summed E-state index contributed by atoms with van der Waals surface area (Å²) in [6, 6.07) is 8.24. The van der Waals surface area contributed by atoms with E-state index in [1.807, 2.05) is 9.80 Å². The fourth-order valence-electron chi connectivity index (χ4n) is 2.81. The molecule has 1 aromatic heterocycles. The minimum atomic E-state index is -0.528. The highest BCUT2D eigenvalue weighted by Gasteiger charge is 2.22. The maximum atomic E-state index is 12.2. The number of nitrogens with zero attached hydrogens (tertiary/aromatic N) is 4. The van der Waals surface area contributed by atoms with Crippen LogP contribution in [-0.2, 0) is 4.79 Å². The van der Waals surface area contributed by atoms with Gasteiger partial charge in [-0.3, -0.25) is 19.8 Å². The van der Waals surface area contributed by atoms with Crippen molar-refractivity contribution in [3.63, 3.8) is 0 Å². The molecule has 8 nitrogen and oxygen atoms in total. The summed E-state index contributed by atoms with van der Waals surface area (Å²) in [6.45, 7) is 2.83. The molecule has 1 fully saturated rings. The third kappa shape index (κ3) is 5.06. The van der Waals surface area contributed by atoms with Gasteiger partial charge < -0.3 is 10.2 Å². The number of amides is 1. The molecule has 1 aliphatic rings. The van der Waals surface area contributed by atoms with E-state index in [4.69, 9.17) is 23.2 Å². The van der Waals surface area contributed by atoms with Gasteiger partial charge in [0.2, 0.25) is 5.91 Å². The highest BCUT2D eigenvalue weighted by molar-refractivity contribution is 6.33. The number of nitro groups is 1. The number of halogens is 2. The van der Waals surface area contributed by atoms with E-state index >= 15 is 0 Å². The van der Waals surface area contributed by atoms with Crippen LogP contribution in [0.3, 0.4) is 0 Å². The van der Waals surface area contributed by atoms with Crippen LogP contribution in [0.15, 0.2) is 36.5 Å². The van der Waals surface area contributed by atoms with E-state index < -0.39 is 4.92 Å². The van der Waals surface area contributed by atoms with Gasteiger partial charge in [-0.25, -0.2) is 4.98 Å². The first kappa shape index (κ1) is 19.3. The van der Waals surface area contributed by atoms with E-state index in [0.29, 0.717) is 42.7 Å². The zero-order valence-electron chi connectivity index (χ0n) is 14.3. The Labute approximate surface area is 165 Å². The molecular formula is C17H17Cl2N5O3. The van der Waals surface area contributed by atoms with Crippen LogP contribution in [0.2, 0.25) is 10.0 Å². The fourth-order valence-corrected chi connectivity index (χ4v) is 3.21. The zero-order valence-corrected chi connectivity index (χ0v) is 15.8. The van der Waals surface area contributed by atoms with Gasteiger partial charge in [0.05, 0.1) is 16.5 Å². The molecule has 0 bridgehead atoms. The predicted octanol–water partition coefficient (Wildman–Crippen LogP) is 3.06. The summed E-state index contributed by atoms with van der Waals surface area (Å²) < 4.78 is 0. The molecule has 1 N–H and O–H groups in total. The Bertz CT molecular complexity index is 839. The largest absolute Gasteiger partial charge is 0.353 e. The summed E-state index contributed by atoms with van der Waals surface area (Å²) in [6.07, 6.45) is 1.20. The van der Waals surface area contributed by atoms with Gasteiger partial charge in [-0.1, -0.05) is 23.2 Å². The van der Waals surface area contributed by atoms with Crippen molar-refractivity contribution in [1.29, 1.82) is 0 Å². The van der Waals surface area contributed by atoms with Gasteiger partial charge in [-0.05, 0) is 24.3 Å². The number of aromatic nitrogens is 1. The molecule has 2 aromatic rings. The van der Waals surface area contributed by atoms with Gasteiger partial charge in [-0.2, -0.15) is 0 Å². The molecule has 1 aliphatic heterocycles. The van der Waals surface area contributed by atoms with Crippen molar-refractivity contribution in [3.05, 3.63) is 56.7 Å². The Kier molecular flexibility index (Phi) is 6.10. The van der Waals surface area contributed by atoms with Gasteiger partial charge in [0.25, 0.3) is 5.69 Å². The number of piperazine rings is 1. The number of carbonyl (C=O) groups is 1. The molecular weight excluding hydrogens is 393 g/mol. The van der Waals surface area contributed by atoms with Crippen LogP contribution in [0.25, 0.3) is 0 Å². The first-order chi connectivity index (χ1) is 12.9. The first-order valence-corrected chi connectivity index (χ1v) is 9.00. The van der Waals surface area contributed by atoms with Crippen LogP contribution in [-0.4, -0.2) is 53.4 Å². The van der Waals surface area contributed by atoms with E-state index in [1.54, 1.807) is 24.3 Å². The monoisotopic (exact) mass is 409 g/mol.